The van der Waals surface area contributed by atoms with Crippen LogP contribution in [0.3, 0.4) is 0 Å². The Morgan fingerprint density at radius 3 is 2.32 bits per heavy atom. The second kappa shape index (κ2) is 8.26. The molecule has 1 aromatic heterocycles. The Morgan fingerprint density at radius 1 is 1.21 bits per heavy atom. The summed E-state index contributed by atoms with van der Waals surface area (Å²) in [4.78, 5) is 24.3. The molecule has 0 bridgehead atoms. The van der Waals surface area contributed by atoms with E-state index in [1.807, 2.05) is 23.6 Å². The minimum atomic E-state index is -0.670. The number of hydrogen-bond acceptors (Lipinski definition) is 5. The first-order chi connectivity index (χ1) is 9.19. The van der Waals surface area contributed by atoms with Crippen LogP contribution >= 0.6 is 11.3 Å². The average Bonchev–Trinajstić information content (AvgIpc) is 2.88. The van der Waals surface area contributed by atoms with Gasteiger partial charge >= 0.3 is 11.9 Å². The van der Waals surface area contributed by atoms with Crippen molar-refractivity contribution in [3.63, 3.8) is 0 Å². The van der Waals surface area contributed by atoms with E-state index in [-0.39, 0.29) is 18.8 Å². The van der Waals surface area contributed by atoms with Crippen molar-refractivity contribution in [2.45, 2.75) is 13.8 Å². The summed E-state index contributed by atoms with van der Waals surface area (Å²) in [6, 6.07) is 3.86. The van der Waals surface area contributed by atoms with Gasteiger partial charge in [-0.1, -0.05) is 12.1 Å². The molecule has 1 rings (SSSR count). The summed E-state index contributed by atoms with van der Waals surface area (Å²) >= 11 is 1.56. The average molecular weight is 280 g/mol. The summed E-state index contributed by atoms with van der Waals surface area (Å²) in [6.45, 7) is 3.79. The van der Waals surface area contributed by atoms with Crippen LogP contribution in [0.2, 0.25) is 0 Å². The van der Waals surface area contributed by atoms with Crippen LogP contribution in [-0.4, -0.2) is 25.2 Å². The molecular formula is C14H16O4S. The van der Waals surface area contributed by atoms with E-state index < -0.39 is 11.9 Å². The summed E-state index contributed by atoms with van der Waals surface area (Å²) in [5.41, 5.74) is -0.100. The van der Waals surface area contributed by atoms with Crippen LogP contribution in [0.15, 0.2) is 35.2 Å². The number of rotatable bonds is 6. The van der Waals surface area contributed by atoms with Gasteiger partial charge in [0.15, 0.2) is 0 Å². The molecule has 0 amide bonds. The molecule has 5 heteroatoms. The van der Waals surface area contributed by atoms with Gasteiger partial charge in [-0.15, -0.1) is 11.3 Å². The summed E-state index contributed by atoms with van der Waals surface area (Å²) in [5.74, 6) is -1.34. The molecule has 0 spiro atoms. The highest BCUT2D eigenvalue weighted by Gasteiger charge is 2.19. The molecule has 0 N–H and O–H groups in total. The van der Waals surface area contributed by atoms with Crippen LogP contribution in [-0.2, 0) is 19.1 Å². The van der Waals surface area contributed by atoms with E-state index in [0.717, 1.165) is 4.88 Å². The van der Waals surface area contributed by atoms with Crippen molar-refractivity contribution in [2.75, 3.05) is 13.2 Å². The Labute approximate surface area is 116 Å². The molecule has 0 radical (unpaired) electrons. The quantitative estimate of drug-likeness (QED) is 0.264. The lowest BCUT2D eigenvalue weighted by Crippen LogP contribution is -2.18. The largest absolute Gasteiger partial charge is 0.462 e. The van der Waals surface area contributed by atoms with Crippen molar-refractivity contribution in [3.05, 3.63) is 40.1 Å². The second-order valence-corrected chi connectivity index (χ2v) is 4.38. The number of hydrogen-bond donors (Lipinski definition) is 0. The standard InChI is InChI=1S/C14H16O4S/c1-3-17-13(15)12(14(16)18-4-2)9-5-7-11-8-6-10-19-11/h5-10H,3-4H2,1-2H3. The van der Waals surface area contributed by atoms with Crippen LogP contribution in [0.5, 0.6) is 0 Å². The smallest absolute Gasteiger partial charge is 0.345 e. The Balaban J connectivity index is 2.83. The SMILES string of the molecule is CCOC(=O)C(=CC=Cc1cccs1)C(=O)OCC. The molecular weight excluding hydrogens is 264 g/mol. The van der Waals surface area contributed by atoms with Crippen molar-refractivity contribution in [1.82, 2.24) is 0 Å². The number of carbonyl (C=O) groups is 2. The maximum absolute atomic E-state index is 11.6. The number of allylic oxidation sites excluding steroid dienone is 2. The van der Waals surface area contributed by atoms with Crippen LogP contribution in [0.4, 0.5) is 0 Å². The predicted octanol–water partition coefficient (Wildman–Crippen LogP) is 2.81. The van der Waals surface area contributed by atoms with Gasteiger partial charge in [-0.25, -0.2) is 9.59 Å². The topological polar surface area (TPSA) is 52.6 Å². The van der Waals surface area contributed by atoms with Gasteiger partial charge in [-0.2, -0.15) is 0 Å². The van der Waals surface area contributed by atoms with E-state index in [4.69, 9.17) is 9.47 Å². The lowest BCUT2D eigenvalue weighted by Gasteiger charge is -2.05. The van der Waals surface area contributed by atoms with Crippen molar-refractivity contribution < 1.29 is 19.1 Å². The zero-order valence-electron chi connectivity index (χ0n) is 10.9. The van der Waals surface area contributed by atoms with Crippen molar-refractivity contribution in [2.24, 2.45) is 0 Å². The molecule has 0 atom stereocenters. The Morgan fingerprint density at radius 2 is 1.84 bits per heavy atom. The Bertz CT molecular complexity index is 452. The lowest BCUT2D eigenvalue weighted by atomic mass is 10.2. The molecule has 1 heterocycles. The zero-order valence-corrected chi connectivity index (χ0v) is 11.7. The summed E-state index contributed by atoms with van der Waals surface area (Å²) < 4.78 is 9.64. The molecule has 0 saturated heterocycles. The molecule has 0 unspecified atom stereocenters. The second-order valence-electron chi connectivity index (χ2n) is 3.40. The zero-order chi connectivity index (χ0) is 14.1. The highest BCUT2D eigenvalue weighted by atomic mass is 32.1. The molecule has 0 saturated carbocycles. The molecule has 1 aromatic rings. The van der Waals surface area contributed by atoms with Gasteiger partial charge in [-0.3, -0.25) is 0 Å². The van der Waals surface area contributed by atoms with Gasteiger partial charge < -0.3 is 9.47 Å². The molecule has 0 aliphatic heterocycles. The van der Waals surface area contributed by atoms with E-state index in [9.17, 15) is 9.59 Å². The van der Waals surface area contributed by atoms with Gasteiger partial charge in [0.1, 0.15) is 5.57 Å². The minimum Gasteiger partial charge on any atom is -0.462 e. The van der Waals surface area contributed by atoms with Gasteiger partial charge in [0.2, 0.25) is 0 Å². The Hall–Kier alpha value is -1.88. The molecule has 4 nitrogen and oxygen atoms in total. The fraction of sp³-hybridized carbons (Fsp3) is 0.286. The third-order valence-corrected chi connectivity index (χ3v) is 2.89. The fourth-order valence-corrected chi connectivity index (χ4v) is 1.89. The molecule has 102 valence electrons. The summed E-state index contributed by atoms with van der Waals surface area (Å²) in [7, 11) is 0. The van der Waals surface area contributed by atoms with E-state index in [2.05, 4.69) is 0 Å². The molecule has 0 aliphatic rings. The van der Waals surface area contributed by atoms with Crippen LogP contribution < -0.4 is 0 Å². The van der Waals surface area contributed by atoms with Crippen LogP contribution in [0, 0.1) is 0 Å². The van der Waals surface area contributed by atoms with Crippen molar-refractivity contribution >= 4 is 29.4 Å². The van der Waals surface area contributed by atoms with Crippen LogP contribution in [0.1, 0.15) is 18.7 Å². The first kappa shape index (κ1) is 15.2. The third kappa shape index (κ3) is 5.09. The van der Waals surface area contributed by atoms with Crippen molar-refractivity contribution in [3.8, 4) is 0 Å². The first-order valence-corrected chi connectivity index (χ1v) is 6.83. The maximum Gasteiger partial charge on any atom is 0.345 e. The number of ether oxygens (including phenoxy) is 2. The van der Waals surface area contributed by atoms with Gasteiger partial charge in [0.05, 0.1) is 13.2 Å². The summed E-state index contributed by atoms with van der Waals surface area (Å²) in [5, 5.41) is 1.95. The van der Waals surface area contributed by atoms with Gasteiger partial charge in [-0.05, 0) is 37.4 Å². The fourth-order valence-electron chi connectivity index (χ4n) is 1.26. The molecule has 0 fully saturated rings. The normalized spacial score (nSPS) is 10.2. The number of thiophene rings is 1. The highest BCUT2D eigenvalue weighted by Crippen LogP contribution is 2.11. The highest BCUT2D eigenvalue weighted by molar-refractivity contribution is 7.10. The van der Waals surface area contributed by atoms with Gasteiger partial charge in [0, 0.05) is 4.88 Å². The van der Waals surface area contributed by atoms with E-state index >= 15 is 0 Å². The van der Waals surface area contributed by atoms with Gasteiger partial charge in [0.25, 0.3) is 0 Å². The molecule has 0 aliphatic carbocycles. The van der Waals surface area contributed by atoms with E-state index in [0.29, 0.717) is 0 Å². The third-order valence-electron chi connectivity index (χ3n) is 2.06. The lowest BCUT2D eigenvalue weighted by molar-refractivity contribution is -0.146. The Kier molecular flexibility index (Phi) is 6.60. The number of carbonyl (C=O) groups excluding carboxylic acids is 2. The van der Waals surface area contributed by atoms with Crippen molar-refractivity contribution in [1.29, 1.82) is 0 Å². The van der Waals surface area contributed by atoms with E-state index in [1.54, 1.807) is 31.3 Å². The number of esters is 2. The first-order valence-electron chi connectivity index (χ1n) is 5.95. The monoisotopic (exact) mass is 280 g/mol. The molecule has 19 heavy (non-hydrogen) atoms. The molecule has 0 aromatic carbocycles. The summed E-state index contributed by atoms with van der Waals surface area (Å²) in [6.07, 6.45) is 4.85. The van der Waals surface area contributed by atoms with E-state index in [1.165, 1.54) is 6.08 Å². The predicted molar refractivity (Wildman–Crippen MR) is 74.7 cm³/mol. The minimum absolute atomic E-state index is 0.100. The maximum atomic E-state index is 11.6. The van der Waals surface area contributed by atoms with Crippen LogP contribution in [0.25, 0.3) is 6.08 Å².